The van der Waals surface area contributed by atoms with Gasteiger partial charge in [0.2, 0.25) is 5.89 Å². The zero-order chi connectivity index (χ0) is 19.2. The molecule has 0 amide bonds. The van der Waals surface area contributed by atoms with E-state index in [1.807, 2.05) is 27.8 Å². The average Bonchev–Trinajstić information content (AvgIpc) is 3.22. The van der Waals surface area contributed by atoms with Gasteiger partial charge in [0, 0.05) is 44.2 Å². The first kappa shape index (κ1) is 23.3. The summed E-state index contributed by atoms with van der Waals surface area (Å²) >= 11 is 0. The molecule has 0 aliphatic carbocycles. The predicted molar refractivity (Wildman–Crippen MR) is 114 cm³/mol. The molecule has 0 radical (unpaired) electrons. The number of aliphatic hydroxyl groups is 1. The maximum Gasteiger partial charge on any atom is 0.228 e. The molecule has 10 heteroatoms. The molecule has 2 rings (SSSR count). The van der Waals surface area contributed by atoms with Crippen molar-refractivity contribution in [2.75, 3.05) is 19.6 Å². The van der Waals surface area contributed by atoms with Crippen LogP contribution in [0, 0.1) is 0 Å². The van der Waals surface area contributed by atoms with Crippen LogP contribution in [0.3, 0.4) is 0 Å². The van der Waals surface area contributed by atoms with Gasteiger partial charge in [-0.05, 0) is 13.8 Å². The summed E-state index contributed by atoms with van der Waals surface area (Å²) in [4.78, 5) is 8.83. The average molecular weight is 491 g/mol. The van der Waals surface area contributed by atoms with Gasteiger partial charge < -0.3 is 20.3 Å². The molecule has 1 unspecified atom stereocenters. The van der Waals surface area contributed by atoms with Gasteiger partial charge in [-0.1, -0.05) is 19.0 Å². The lowest BCUT2D eigenvalue weighted by Gasteiger charge is -2.20. The van der Waals surface area contributed by atoms with Crippen molar-refractivity contribution in [1.29, 1.82) is 0 Å². The largest absolute Gasteiger partial charge is 0.383 e. The quantitative estimate of drug-likeness (QED) is 0.292. The Morgan fingerprint density at radius 1 is 1.41 bits per heavy atom. The molecular weight excluding hydrogens is 461 g/mol. The third kappa shape index (κ3) is 7.09. The standard InChI is InChI=1S/C17H29N7O2.HI/c1-6-18-16(19-8-7-14-22-15(12(2)3)23-26-14)20-11-17(4,25)13-9-21-24(5)10-13;/h9-10,12,25H,6-8,11H2,1-5H3,(H2,18,19,20);1H. The summed E-state index contributed by atoms with van der Waals surface area (Å²) < 4.78 is 6.89. The van der Waals surface area contributed by atoms with Crippen molar-refractivity contribution in [1.82, 2.24) is 30.6 Å². The van der Waals surface area contributed by atoms with Crippen LogP contribution in [0.1, 0.15) is 50.9 Å². The second-order valence-electron chi connectivity index (χ2n) is 6.75. The van der Waals surface area contributed by atoms with Crippen LogP contribution in [0.25, 0.3) is 0 Å². The number of nitrogens with zero attached hydrogens (tertiary/aromatic N) is 5. The number of aryl methyl sites for hydroxylation is 1. The van der Waals surface area contributed by atoms with Crippen LogP contribution in [-0.2, 0) is 19.1 Å². The number of aliphatic imine (C=N–C) groups is 1. The predicted octanol–water partition coefficient (Wildman–Crippen LogP) is 1.55. The summed E-state index contributed by atoms with van der Waals surface area (Å²) in [5.74, 6) is 2.18. The van der Waals surface area contributed by atoms with E-state index in [0.29, 0.717) is 30.6 Å². The summed E-state index contributed by atoms with van der Waals surface area (Å²) in [5, 5.41) is 25.1. The van der Waals surface area contributed by atoms with Crippen LogP contribution >= 0.6 is 24.0 Å². The van der Waals surface area contributed by atoms with Gasteiger partial charge in [0.15, 0.2) is 11.8 Å². The molecule has 152 valence electrons. The highest BCUT2D eigenvalue weighted by Gasteiger charge is 2.24. The van der Waals surface area contributed by atoms with E-state index in [-0.39, 0.29) is 36.4 Å². The lowest BCUT2D eigenvalue weighted by atomic mass is 10.0. The molecule has 9 nitrogen and oxygen atoms in total. The molecule has 0 aliphatic heterocycles. The van der Waals surface area contributed by atoms with Gasteiger partial charge in [-0.15, -0.1) is 24.0 Å². The monoisotopic (exact) mass is 491 g/mol. The fourth-order valence-corrected chi connectivity index (χ4v) is 2.26. The SMILES string of the molecule is CCNC(=NCC(C)(O)c1cnn(C)c1)NCCc1nc(C(C)C)no1.I. The Morgan fingerprint density at radius 2 is 2.15 bits per heavy atom. The number of aromatic nitrogens is 4. The van der Waals surface area contributed by atoms with Gasteiger partial charge in [-0.2, -0.15) is 10.1 Å². The minimum Gasteiger partial charge on any atom is -0.383 e. The van der Waals surface area contributed by atoms with Gasteiger partial charge in [0.1, 0.15) is 5.60 Å². The van der Waals surface area contributed by atoms with E-state index < -0.39 is 5.60 Å². The highest BCUT2D eigenvalue weighted by Crippen LogP contribution is 2.19. The van der Waals surface area contributed by atoms with Crippen LogP contribution in [0.2, 0.25) is 0 Å². The molecule has 0 aromatic carbocycles. The van der Waals surface area contributed by atoms with Crippen molar-refractivity contribution in [3.63, 3.8) is 0 Å². The smallest absolute Gasteiger partial charge is 0.228 e. The number of nitrogens with one attached hydrogen (secondary N) is 2. The fourth-order valence-electron chi connectivity index (χ4n) is 2.26. The van der Waals surface area contributed by atoms with Gasteiger partial charge in [0.25, 0.3) is 0 Å². The molecule has 0 fully saturated rings. The number of hydrogen-bond acceptors (Lipinski definition) is 6. The van der Waals surface area contributed by atoms with Gasteiger partial charge in [-0.25, -0.2) is 4.99 Å². The Labute approximate surface area is 177 Å². The summed E-state index contributed by atoms with van der Waals surface area (Å²) in [6.07, 6.45) is 4.04. The molecule has 0 saturated heterocycles. The fraction of sp³-hybridized carbons (Fsp3) is 0.647. The number of rotatable bonds is 8. The highest BCUT2D eigenvalue weighted by atomic mass is 127. The molecule has 0 aliphatic rings. The molecule has 0 saturated carbocycles. The Bertz CT molecular complexity index is 724. The van der Waals surface area contributed by atoms with Crippen LogP contribution in [0.15, 0.2) is 21.9 Å². The third-order valence-electron chi connectivity index (χ3n) is 3.85. The molecule has 2 heterocycles. The molecular formula is C17H30IN7O2. The second kappa shape index (κ2) is 10.6. The van der Waals surface area contributed by atoms with Gasteiger partial charge >= 0.3 is 0 Å². The first-order valence-corrected chi connectivity index (χ1v) is 8.88. The Hall–Kier alpha value is -1.69. The molecule has 2 aromatic heterocycles. The zero-order valence-corrected chi connectivity index (χ0v) is 18.9. The van der Waals surface area contributed by atoms with E-state index >= 15 is 0 Å². The van der Waals surface area contributed by atoms with Crippen LogP contribution in [0.5, 0.6) is 0 Å². The van der Waals surface area contributed by atoms with E-state index in [4.69, 9.17) is 4.52 Å². The summed E-state index contributed by atoms with van der Waals surface area (Å²) in [6, 6.07) is 0. The Kier molecular flexibility index (Phi) is 9.16. The van der Waals surface area contributed by atoms with E-state index in [9.17, 15) is 5.11 Å². The van der Waals surface area contributed by atoms with Crippen molar-refractivity contribution in [3.8, 4) is 0 Å². The molecule has 0 spiro atoms. The van der Waals surface area contributed by atoms with E-state index in [1.54, 1.807) is 24.0 Å². The number of halogens is 1. The summed E-state index contributed by atoms with van der Waals surface area (Å²) in [5.41, 5.74) is -0.360. The van der Waals surface area contributed by atoms with E-state index in [2.05, 4.69) is 30.9 Å². The third-order valence-corrected chi connectivity index (χ3v) is 3.85. The molecule has 2 aromatic rings. The van der Waals surface area contributed by atoms with Crippen molar-refractivity contribution in [2.24, 2.45) is 12.0 Å². The van der Waals surface area contributed by atoms with Gasteiger partial charge in [0.05, 0.1) is 12.7 Å². The summed E-state index contributed by atoms with van der Waals surface area (Å²) in [7, 11) is 1.82. The molecule has 3 N–H and O–H groups in total. The molecule has 0 bridgehead atoms. The molecule has 27 heavy (non-hydrogen) atoms. The lowest BCUT2D eigenvalue weighted by Crippen LogP contribution is -2.39. The van der Waals surface area contributed by atoms with E-state index in [1.165, 1.54) is 0 Å². The second-order valence-corrected chi connectivity index (χ2v) is 6.75. The minimum atomic E-state index is -1.09. The Balaban J connectivity index is 0.00000364. The van der Waals surface area contributed by atoms with Crippen LogP contribution in [-0.4, -0.2) is 50.6 Å². The van der Waals surface area contributed by atoms with Crippen molar-refractivity contribution < 1.29 is 9.63 Å². The Morgan fingerprint density at radius 3 is 2.70 bits per heavy atom. The number of hydrogen-bond donors (Lipinski definition) is 3. The van der Waals surface area contributed by atoms with Crippen LogP contribution in [0.4, 0.5) is 0 Å². The topological polar surface area (TPSA) is 113 Å². The maximum absolute atomic E-state index is 10.6. The van der Waals surface area contributed by atoms with Crippen LogP contribution < -0.4 is 10.6 Å². The first-order valence-electron chi connectivity index (χ1n) is 8.88. The lowest BCUT2D eigenvalue weighted by molar-refractivity contribution is 0.0672. The van der Waals surface area contributed by atoms with E-state index in [0.717, 1.165) is 12.1 Å². The number of guanidine groups is 1. The normalized spacial score (nSPS) is 14.0. The highest BCUT2D eigenvalue weighted by molar-refractivity contribution is 14.0. The van der Waals surface area contributed by atoms with Gasteiger partial charge in [-0.3, -0.25) is 4.68 Å². The minimum absolute atomic E-state index is 0. The van der Waals surface area contributed by atoms with Crippen molar-refractivity contribution in [2.45, 2.75) is 45.6 Å². The van der Waals surface area contributed by atoms with Crippen molar-refractivity contribution in [3.05, 3.63) is 29.7 Å². The maximum atomic E-state index is 10.6. The van der Waals surface area contributed by atoms with Crippen molar-refractivity contribution >= 4 is 29.9 Å². The zero-order valence-electron chi connectivity index (χ0n) is 16.6. The first-order chi connectivity index (χ1) is 12.3. The molecule has 1 atom stereocenters. The summed E-state index contributed by atoms with van der Waals surface area (Å²) in [6.45, 7) is 9.30.